The number of rotatable bonds is 3. The number of nitrogens with one attached hydrogen (secondary N) is 1. The largest absolute Gasteiger partial charge is 0.433 e. The maximum Gasteiger partial charge on any atom is 0.433 e. The van der Waals surface area contributed by atoms with Crippen molar-refractivity contribution in [3.63, 3.8) is 0 Å². The molecule has 0 radical (unpaired) electrons. The molecule has 0 bridgehead atoms. The van der Waals surface area contributed by atoms with Gasteiger partial charge in [0.05, 0.1) is 11.8 Å². The van der Waals surface area contributed by atoms with E-state index in [-0.39, 0.29) is 5.69 Å². The zero-order valence-corrected chi connectivity index (χ0v) is 13.8. The predicted octanol–water partition coefficient (Wildman–Crippen LogP) is 3.84. The first kappa shape index (κ1) is 17.7. The first-order valence-corrected chi connectivity index (χ1v) is 7.67. The highest BCUT2D eigenvalue weighted by Gasteiger charge is 2.40. The number of benzene rings is 1. The SMILES string of the molecule is CC(C)n1ncc(C(=O)Nc2ccc3oc(=O)ccc3c2)c1C(F)(F)F. The maximum atomic E-state index is 13.4. The number of halogens is 3. The van der Waals surface area contributed by atoms with Crippen molar-refractivity contribution in [2.45, 2.75) is 26.1 Å². The van der Waals surface area contributed by atoms with Crippen molar-refractivity contribution in [3.05, 3.63) is 58.2 Å². The van der Waals surface area contributed by atoms with Crippen molar-refractivity contribution in [2.75, 3.05) is 5.32 Å². The van der Waals surface area contributed by atoms with Crippen LogP contribution < -0.4 is 10.9 Å². The molecule has 26 heavy (non-hydrogen) atoms. The molecule has 3 rings (SSSR count). The lowest BCUT2D eigenvalue weighted by atomic mass is 10.2. The van der Waals surface area contributed by atoms with Gasteiger partial charge in [-0.25, -0.2) is 4.79 Å². The van der Waals surface area contributed by atoms with E-state index in [1.165, 1.54) is 30.3 Å². The third kappa shape index (κ3) is 3.32. The molecule has 0 fully saturated rings. The van der Waals surface area contributed by atoms with Crippen LogP contribution in [0.2, 0.25) is 0 Å². The summed E-state index contributed by atoms with van der Waals surface area (Å²) in [6.45, 7) is 3.09. The van der Waals surface area contributed by atoms with Gasteiger partial charge in [-0.2, -0.15) is 18.3 Å². The molecule has 2 heterocycles. The van der Waals surface area contributed by atoms with E-state index < -0.39 is 35.0 Å². The molecule has 3 aromatic rings. The van der Waals surface area contributed by atoms with Crippen LogP contribution in [0, 0.1) is 0 Å². The predicted molar refractivity (Wildman–Crippen MR) is 88.1 cm³/mol. The first-order chi connectivity index (χ1) is 12.2. The molecule has 6 nitrogen and oxygen atoms in total. The fourth-order valence-electron chi connectivity index (χ4n) is 2.55. The van der Waals surface area contributed by atoms with E-state index in [2.05, 4.69) is 10.4 Å². The number of fused-ring (bicyclic) bond motifs is 1. The Kier molecular flexibility index (Phi) is 4.31. The first-order valence-electron chi connectivity index (χ1n) is 7.67. The lowest BCUT2D eigenvalue weighted by molar-refractivity contribution is -0.145. The molecular formula is C17H14F3N3O3. The van der Waals surface area contributed by atoms with Crippen molar-refractivity contribution in [3.8, 4) is 0 Å². The highest BCUT2D eigenvalue weighted by Crippen LogP contribution is 2.34. The summed E-state index contributed by atoms with van der Waals surface area (Å²) in [4.78, 5) is 23.5. The Morgan fingerprint density at radius 1 is 1.23 bits per heavy atom. The fourth-order valence-corrected chi connectivity index (χ4v) is 2.55. The molecule has 0 unspecified atom stereocenters. The topological polar surface area (TPSA) is 77.1 Å². The fraction of sp³-hybridized carbons (Fsp3) is 0.235. The highest BCUT2D eigenvalue weighted by molar-refractivity contribution is 6.05. The summed E-state index contributed by atoms with van der Waals surface area (Å²) in [5.74, 6) is -0.930. The zero-order valence-electron chi connectivity index (χ0n) is 13.8. The Bertz CT molecular complexity index is 1030. The number of alkyl halides is 3. The van der Waals surface area contributed by atoms with E-state index in [9.17, 15) is 22.8 Å². The molecule has 0 saturated carbocycles. The van der Waals surface area contributed by atoms with Crippen molar-refractivity contribution in [1.82, 2.24) is 9.78 Å². The Balaban J connectivity index is 1.96. The van der Waals surface area contributed by atoms with Crippen molar-refractivity contribution in [2.24, 2.45) is 0 Å². The van der Waals surface area contributed by atoms with Gasteiger partial charge in [-0.3, -0.25) is 9.48 Å². The lowest BCUT2D eigenvalue weighted by Crippen LogP contribution is -2.22. The molecule has 136 valence electrons. The molecule has 1 aromatic carbocycles. The summed E-state index contributed by atoms with van der Waals surface area (Å²) in [7, 11) is 0. The van der Waals surface area contributed by atoms with Gasteiger partial charge < -0.3 is 9.73 Å². The molecule has 0 aliphatic heterocycles. The standard InChI is InChI=1S/C17H14F3N3O3/c1-9(2)23-15(17(18,19)20)12(8-21-23)16(25)22-11-4-5-13-10(7-11)3-6-14(24)26-13/h3-9H,1-2H3,(H,22,25). The van der Waals surface area contributed by atoms with Crippen molar-refractivity contribution >= 4 is 22.6 Å². The Labute approximate surface area is 145 Å². The molecule has 1 amide bonds. The number of carbonyl (C=O) groups excluding carboxylic acids is 1. The summed E-state index contributed by atoms with van der Waals surface area (Å²) < 4.78 is 45.8. The quantitative estimate of drug-likeness (QED) is 0.716. The summed E-state index contributed by atoms with van der Waals surface area (Å²) in [6, 6.07) is 6.53. The minimum Gasteiger partial charge on any atom is -0.423 e. The van der Waals surface area contributed by atoms with Crippen LogP contribution >= 0.6 is 0 Å². The van der Waals surface area contributed by atoms with Crippen LogP contribution in [-0.4, -0.2) is 15.7 Å². The Hall–Kier alpha value is -3.10. The molecule has 9 heteroatoms. The monoisotopic (exact) mass is 365 g/mol. The van der Waals surface area contributed by atoms with Gasteiger partial charge in [0, 0.05) is 23.2 Å². The summed E-state index contributed by atoms with van der Waals surface area (Å²) in [5.41, 5.74) is -1.62. The number of hydrogen-bond donors (Lipinski definition) is 1. The van der Waals surface area contributed by atoms with Crippen molar-refractivity contribution < 1.29 is 22.4 Å². The summed E-state index contributed by atoms with van der Waals surface area (Å²) in [6.07, 6.45) is -3.82. The summed E-state index contributed by atoms with van der Waals surface area (Å²) >= 11 is 0. The number of anilines is 1. The number of hydrogen-bond acceptors (Lipinski definition) is 4. The molecule has 2 aromatic heterocycles. The minimum absolute atomic E-state index is 0.266. The summed E-state index contributed by atoms with van der Waals surface area (Å²) in [5, 5.41) is 6.63. The average Bonchev–Trinajstić information content (AvgIpc) is 3.00. The van der Waals surface area contributed by atoms with Crippen LogP contribution in [0.15, 0.2) is 45.7 Å². The van der Waals surface area contributed by atoms with Crippen LogP contribution in [0.1, 0.15) is 35.9 Å². The molecule has 1 N–H and O–H groups in total. The van der Waals surface area contributed by atoms with Crippen molar-refractivity contribution in [1.29, 1.82) is 0 Å². The van der Waals surface area contributed by atoms with E-state index in [0.717, 1.165) is 10.9 Å². The smallest absolute Gasteiger partial charge is 0.423 e. The highest BCUT2D eigenvalue weighted by atomic mass is 19.4. The van der Waals surface area contributed by atoms with E-state index in [4.69, 9.17) is 4.42 Å². The normalized spacial score (nSPS) is 11.9. The second kappa shape index (κ2) is 6.32. The number of carbonyl (C=O) groups is 1. The van der Waals surface area contributed by atoms with Gasteiger partial charge in [0.25, 0.3) is 5.91 Å². The molecule has 0 saturated heterocycles. The lowest BCUT2D eigenvalue weighted by Gasteiger charge is -2.15. The van der Waals surface area contributed by atoms with E-state index >= 15 is 0 Å². The van der Waals surface area contributed by atoms with Gasteiger partial charge in [-0.15, -0.1) is 0 Å². The van der Waals surface area contributed by atoms with E-state index in [1.54, 1.807) is 13.8 Å². The molecular weight excluding hydrogens is 351 g/mol. The molecule has 0 aliphatic rings. The second-order valence-corrected chi connectivity index (χ2v) is 5.90. The van der Waals surface area contributed by atoms with Crippen LogP contribution in [0.3, 0.4) is 0 Å². The van der Waals surface area contributed by atoms with Gasteiger partial charge in [-0.05, 0) is 38.1 Å². The molecule has 0 aliphatic carbocycles. The average molecular weight is 365 g/mol. The van der Waals surface area contributed by atoms with Gasteiger partial charge >= 0.3 is 11.8 Å². The third-order valence-corrected chi connectivity index (χ3v) is 3.67. The zero-order chi connectivity index (χ0) is 19.1. The third-order valence-electron chi connectivity index (χ3n) is 3.67. The Morgan fingerprint density at radius 3 is 2.62 bits per heavy atom. The molecule has 0 atom stereocenters. The van der Waals surface area contributed by atoms with Crippen LogP contribution in [0.25, 0.3) is 11.0 Å². The van der Waals surface area contributed by atoms with Gasteiger partial charge in [-0.1, -0.05) is 0 Å². The number of aromatic nitrogens is 2. The van der Waals surface area contributed by atoms with Crippen LogP contribution in [-0.2, 0) is 6.18 Å². The van der Waals surface area contributed by atoms with E-state index in [1.807, 2.05) is 0 Å². The van der Waals surface area contributed by atoms with Crippen LogP contribution in [0.4, 0.5) is 18.9 Å². The second-order valence-electron chi connectivity index (χ2n) is 5.90. The Morgan fingerprint density at radius 2 is 1.96 bits per heavy atom. The van der Waals surface area contributed by atoms with Gasteiger partial charge in [0.15, 0.2) is 5.69 Å². The van der Waals surface area contributed by atoms with E-state index in [0.29, 0.717) is 11.0 Å². The van der Waals surface area contributed by atoms with Crippen LogP contribution in [0.5, 0.6) is 0 Å². The van der Waals surface area contributed by atoms with Gasteiger partial charge in [0.1, 0.15) is 5.58 Å². The maximum absolute atomic E-state index is 13.4. The number of nitrogens with zero attached hydrogens (tertiary/aromatic N) is 2. The molecule has 0 spiro atoms. The number of amides is 1. The minimum atomic E-state index is -4.72. The van der Waals surface area contributed by atoms with Gasteiger partial charge in [0.2, 0.25) is 0 Å².